The van der Waals surface area contributed by atoms with E-state index in [1.54, 1.807) is 18.3 Å². The van der Waals surface area contributed by atoms with E-state index in [0.29, 0.717) is 73.0 Å². The lowest BCUT2D eigenvalue weighted by Crippen LogP contribution is -2.43. The monoisotopic (exact) mass is 619 g/mol. The van der Waals surface area contributed by atoms with Crippen molar-refractivity contribution in [1.29, 1.82) is 0 Å². The van der Waals surface area contributed by atoms with Crippen molar-refractivity contribution < 1.29 is 27.8 Å². The van der Waals surface area contributed by atoms with E-state index in [-0.39, 0.29) is 41.2 Å². The fraction of sp³-hybridized carbons (Fsp3) is 0.500. The number of alkyl halides is 1. The molecule has 7 heterocycles. The second kappa shape index (κ2) is 11.3. The van der Waals surface area contributed by atoms with E-state index in [1.165, 1.54) is 12.1 Å². The molecule has 5 aliphatic heterocycles. The van der Waals surface area contributed by atoms with Gasteiger partial charge < -0.3 is 19.5 Å². The summed E-state index contributed by atoms with van der Waals surface area (Å²) in [6.07, 6.45) is 6.46. The van der Waals surface area contributed by atoms with Crippen molar-refractivity contribution in [1.82, 2.24) is 19.9 Å². The zero-order valence-corrected chi connectivity index (χ0v) is 25.1. The Morgan fingerprint density at radius 2 is 1.98 bits per heavy atom. The lowest BCUT2D eigenvalue weighted by Gasteiger charge is -2.31. The fourth-order valence-electron chi connectivity index (χ4n) is 8.02. The third-order valence-corrected chi connectivity index (χ3v) is 10.1. The van der Waals surface area contributed by atoms with Gasteiger partial charge in [-0.25, -0.2) is 13.2 Å². The van der Waals surface area contributed by atoms with E-state index >= 15 is 8.78 Å². The van der Waals surface area contributed by atoms with E-state index in [0.717, 1.165) is 38.6 Å². The number of aromatic nitrogens is 3. The highest BCUT2D eigenvalue weighted by atomic mass is 19.1. The Morgan fingerprint density at radius 1 is 1.07 bits per heavy atom. The molecule has 0 saturated carbocycles. The van der Waals surface area contributed by atoms with Crippen LogP contribution in [0, 0.1) is 11.6 Å². The van der Waals surface area contributed by atoms with Crippen LogP contribution < -0.4 is 9.64 Å². The van der Waals surface area contributed by atoms with Gasteiger partial charge in [0.2, 0.25) is 0 Å². The molecule has 1 unspecified atom stereocenters. The van der Waals surface area contributed by atoms with E-state index in [2.05, 4.69) is 19.8 Å². The fourth-order valence-corrected chi connectivity index (χ4v) is 8.02. The van der Waals surface area contributed by atoms with Gasteiger partial charge in [-0.2, -0.15) is 9.97 Å². The van der Waals surface area contributed by atoms with Crippen LogP contribution in [-0.2, 0) is 11.2 Å². The maximum atomic E-state index is 16.9. The summed E-state index contributed by atoms with van der Waals surface area (Å²) in [4.78, 5) is 18.2. The number of anilines is 1. The molecular formula is C34H36F3N5O3. The highest BCUT2D eigenvalue weighted by Crippen LogP contribution is 2.42. The van der Waals surface area contributed by atoms with Crippen LogP contribution in [0.5, 0.6) is 11.8 Å². The summed E-state index contributed by atoms with van der Waals surface area (Å²) in [7, 11) is 0. The highest BCUT2D eigenvalue weighted by molar-refractivity contribution is 6.01. The number of benzene rings is 2. The first-order valence-electron chi connectivity index (χ1n) is 16.1. The molecule has 8 nitrogen and oxygen atoms in total. The van der Waals surface area contributed by atoms with Crippen molar-refractivity contribution in [3.8, 4) is 23.0 Å². The van der Waals surface area contributed by atoms with Gasteiger partial charge in [-0.05, 0) is 86.0 Å². The molecule has 0 aliphatic carbocycles. The third-order valence-electron chi connectivity index (χ3n) is 10.1. The molecule has 0 radical (unpaired) electrons. The number of hydrogen-bond donors (Lipinski definition) is 1. The number of nitrogens with zero attached hydrogens (tertiary/aromatic N) is 5. The minimum absolute atomic E-state index is 0.0237. The number of hydrogen-bond acceptors (Lipinski definition) is 8. The van der Waals surface area contributed by atoms with Crippen LogP contribution in [0.2, 0.25) is 0 Å². The van der Waals surface area contributed by atoms with Gasteiger partial charge in [-0.1, -0.05) is 6.07 Å². The highest BCUT2D eigenvalue weighted by Gasteiger charge is 2.49. The van der Waals surface area contributed by atoms with Crippen molar-refractivity contribution in [2.45, 2.75) is 69.2 Å². The molecule has 4 aromatic rings. The Morgan fingerprint density at radius 3 is 2.89 bits per heavy atom. The average Bonchev–Trinajstić information content (AvgIpc) is 3.44. The SMILES string of the molecule is Oc1cc2c3c(c(F)ccc3c1)CCCOC1CCCCN(C1)c1nc(OC[C@@]34CCCN3C[C@H](F)C4)nc3c(F)c-2ncc13. The lowest BCUT2D eigenvalue weighted by molar-refractivity contribution is 0.0526. The minimum Gasteiger partial charge on any atom is -0.508 e. The largest absolute Gasteiger partial charge is 0.508 e. The molecule has 3 fully saturated rings. The van der Waals surface area contributed by atoms with Crippen molar-refractivity contribution in [2.75, 3.05) is 44.3 Å². The molecule has 0 amide bonds. The lowest BCUT2D eigenvalue weighted by atomic mass is 9.93. The van der Waals surface area contributed by atoms with E-state index in [9.17, 15) is 9.50 Å². The minimum atomic E-state index is -0.906. The molecule has 2 aromatic carbocycles. The average molecular weight is 620 g/mol. The van der Waals surface area contributed by atoms with Gasteiger partial charge in [0, 0.05) is 44.4 Å². The molecule has 2 aromatic heterocycles. The second-order valence-corrected chi connectivity index (χ2v) is 13.0. The summed E-state index contributed by atoms with van der Waals surface area (Å²) < 4.78 is 59.3. The standard InChI is InChI=1S/C34H36F3N5O3/c35-21-15-34(9-4-11-42(34)17-21)19-45-33-39-31-26-16-38-30(29(31)37)25-14-22(43)13-20-7-8-27(36)24(28(20)25)6-3-12-44-23-5-1-2-10-41(18-23)32(26)40-33/h7-8,13-14,16,21,23,43H,1-6,9-12,15,17-19H2/t21-,23?,34+/m1/s1. The molecule has 9 rings (SSSR count). The van der Waals surface area contributed by atoms with Gasteiger partial charge in [-0.15, -0.1) is 0 Å². The van der Waals surface area contributed by atoms with Crippen molar-refractivity contribution in [3.05, 3.63) is 47.7 Å². The molecule has 1 N–H and O–H groups in total. The molecule has 0 spiro atoms. The quantitative estimate of drug-likeness (QED) is 0.295. The number of phenols is 1. The number of aryl methyl sites for hydroxylation is 1. The smallest absolute Gasteiger partial charge is 0.319 e. The van der Waals surface area contributed by atoms with Gasteiger partial charge in [0.15, 0.2) is 5.82 Å². The predicted octanol–water partition coefficient (Wildman–Crippen LogP) is 6.11. The number of phenolic OH excluding ortho intramolecular Hbond substituents is 1. The zero-order chi connectivity index (χ0) is 30.7. The first kappa shape index (κ1) is 28.8. The maximum absolute atomic E-state index is 16.9. The van der Waals surface area contributed by atoms with Crippen LogP contribution in [0.15, 0.2) is 30.5 Å². The van der Waals surface area contributed by atoms with Crippen LogP contribution >= 0.6 is 0 Å². The molecule has 11 heteroatoms. The summed E-state index contributed by atoms with van der Waals surface area (Å²) >= 11 is 0. The summed E-state index contributed by atoms with van der Waals surface area (Å²) in [5.74, 6) is -0.666. The third kappa shape index (κ3) is 5.04. The van der Waals surface area contributed by atoms with E-state index in [4.69, 9.17) is 14.5 Å². The van der Waals surface area contributed by atoms with Gasteiger partial charge in [0.05, 0.1) is 17.0 Å². The maximum Gasteiger partial charge on any atom is 0.319 e. The van der Waals surface area contributed by atoms with Gasteiger partial charge in [0.1, 0.15) is 41.4 Å². The van der Waals surface area contributed by atoms with Crippen LogP contribution in [0.1, 0.15) is 50.5 Å². The first-order valence-corrected chi connectivity index (χ1v) is 16.1. The van der Waals surface area contributed by atoms with Crippen molar-refractivity contribution in [2.24, 2.45) is 0 Å². The second-order valence-electron chi connectivity index (χ2n) is 13.0. The number of pyridine rings is 1. The van der Waals surface area contributed by atoms with Crippen LogP contribution in [-0.4, -0.2) is 82.2 Å². The first-order chi connectivity index (χ1) is 21.9. The van der Waals surface area contributed by atoms with Gasteiger partial charge >= 0.3 is 6.01 Å². The Balaban J connectivity index is 1.31. The Kier molecular flexibility index (Phi) is 7.20. The van der Waals surface area contributed by atoms with E-state index in [1.807, 2.05) is 0 Å². The molecular weight excluding hydrogens is 583 g/mol. The van der Waals surface area contributed by atoms with Crippen LogP contribution in [0.25, 0.3) is 32.9 Å². The normalized spacial score (nSPS) is 25.4. The van der Waals surface area contributed by atoms with Crippen molar-refractivity contribution >= 4 is 27.5 Å². The van der Waals surface area contributed by atoms with Gasteiger partial charge in [0.25, 0.3) is 0 Å². The predicted molar refractivity (Wildman–Crippen MR) is 165 cm³/mol. The van der Waals surface area contributed by atoms with Crippen molar-refractivity contribution in [3.63, 3.8) is 0 Å². The molecule has 6 bridgehead atoms. The molecule has 5 aliphatic rings. The summed E-state index contributed by atoms with van der Waals surface area (Å²) in [6.45, 7) is 3.12. The summed E-state index contributed by atoms with van der Waals surface area (Å²) in [5, 5.41) is 12.2. The number of rotatable bonds is 3. The summed E-state index contributed by atoms with van der Waals surface area (Å²) in [6, 6.07) is 5.97. The number of halogens is 3. The van der Waals surface area contributed by atoms with E-state index < -0.39 is 23.3 Å². The Labute approximate surface area is 259 Å². The van der Waals surface area contributed by atoms with Crippen LogP contribution in [0.4, 0.5) is 19.0 Å². The number of ether oxygens (including phenoxy) is 2. The zero-order valence-electron chi connectivity index (χ0n) is 25.1. The molecule has 3 saturated heterocycles. The number of fused-ring (bicyclic) bond motifs is 5. The van der Waals surface area contributed by atoms with Gasteiger partial charge in [-0.3, -0.25) is 9.88 Å². The Bertz CT molecular complexity index is 1790. The summed E-state index contributed by atoms with van der Waals surface area (Å²) in [5.41, 5.74) is 0.287. The molecule has 236 valence electrons. The number of aromatic hydroxyl groups is 1. The molecule has 45 heavy (non-hydrogen) atoms. The topological polar surface area (TPSA) is 83.8 Å². The van der Waals surface area contributed by atoms with Crippen LogP contribution in [0.3, 0.4) is 0 Å². The Hall–Kier alpha value is -3.70. The molecule has 3 atom stereocenters.